The molecule has 0 spiro atoms. The molecule has 4 nitrogen and oxygen atoms in total. The molecular weight excluding hydrogens is 272 g/mol. The number of hydrogen-bond acceptors (Lipinski definition) is 3. The maximum atomic E-state index is 12.0. The van der Waals surface area contributed by atoms with E-state index in [1.165, 1.54) is 18.3 Å². The summed E-state index contributed by atoms with van der Waals surface area (Å²) in [5.74, 6) is -0.150. The van der Waals surface area contributed by atoms with Crippen LogP contribution in [0, 0.1) is 6.92 Å². The van der Waals surface area contributed by atoms with Crippen LogP contribution in [0.2, 0.25) is 0 Å². The summed E-state index contributed by atoms with van der Waals surface area (Å²) >= 11 is 1.44. The molecule has 0 saturated carbocycles. The molecule has 104 valence electrons. The van der Waals surface area contributed by atoms with E-state index in [1.807, 2.05) is 42.6 Å². The predicted molar refractivity (Wildman–Crippen MR) is 81.0 cm³/mol. The minimum absolute atomic E-state index is 0.0524. The third kappa shape index (κ3) is 3.68. The molecular formula is C15H16N2O2S. The Morgan fingerprint density at radius 1 is 1.15 bits per heavy atom. The van der Waals surface area contributed by atoms with E-state index in [2.05, 4.69) is 10.6 Å². The Morgan fingerprint density at radius 2 is 1.85 bits per heavy atom. The molecule has 2 amide bonds. The van der Waals surface area contributed by atoms with Crippen molar-refractivity contribution < 1.29 is 9.59 Å². The number of carbonyl (C=O) groups excluding carboxylic acids is 2. The van der Waals surface area contributed by atoms with Gasteiger partial charge in [-0.1, -0.05) is 12.1 Å². The Labute approximate surface area is 121 Å². The van der Waals surface area contributed by atoms with E-state index in [-0.39, 0.29) is 11.8 Å². The van der Waals surface area contributed by atoms with Crippen LogP contribution in [0.25, 0.3) is 0 Å². The van der Waals surface area contributed by atoms with Gasteiger partial charge in [-0.2, -0.15) is 0 Å². The van der Waals surface area contributed by atoms with E-state index in [0.717, 1.165) is 21.7 Å². The van der Waals surface area contributed by atoms with Crippen molar-refractivity contribution in [1.29, 1.82) is 0 Å². The number of carbonyl (C=O) groups is 2. The van der Waals surface area contributed by atoms with Crippen molar-refractivity contribution in [2.24, 2.45) is 0 Å². The molecule has 0 aliphatic heterocycles. The molecule has 0 saturated heterocycles. The lowest BCUT2D eigenvalue weighted by Crippen LogP contribution is -2.22. The van der Waals surface area contributed by atoms with Gasteiger partial charge in [-0.3, -0.25) is 9.59 Å². The van der Waals surface area contributed by atoms with Gasteiger partial charge < -0.3 is 10.6 Å². The van der Waals surface area contributed by atoms with E-state index in [0.29, 0.717) is 6.54 Å². The second kappa shape index (κ2) is 6.34. The Bertz CT molecular complexity index is 617. The van der Waals surface area contributed by atoms with Gasteiger partial charge in [0, 0.05) is 19.2 Å². The third-order valence-electron chi connectivity index (χ3n) is 2.80. The average molecular weight is 288 g/mol. The summed E-state index contributed by atoms with van der Waals surface area (Å²) in [6.45, 7) is 3.86. The normalized spacial score (nSPS) is 10.1. The Kier molecular flexibility index (Phi) is 4.53. The van der Waals surface area contributed by atoms with Gasteiger partial charge in [0.1, 0.15) is 0 Å². The second-order valence-electron chi connectivity index (χ2n) is 4.49. The number of benzene rings is 1. The smallest absolute Gasteiger partial charge is 0.261 e. The van der Waals surface area contributed by atoms with Crippen molar-refractivity contribution in [3.63, 3.8) is 0 Å². The molecule has 0 aliphatic carbocycles. The second-order valence-corrected chi connectivity index (χ2v) is 5.41. The van der Waals surface area contributed by atoms with Crippen molar-refractivity contribution in [3.05, 3.63) is 51.7 Å². The van der Waals surface area contributed by atoms with Gasteiger partial charge >= 0.3 is 0 Å². The quantitative estimate of drug-likeness (QED) is 0.908. The number of rotatable bonds is 4. The topological polar surface area (TPSA) is 58.2 Å². The molecule has 0 aliphatic rings. The molecule has 20 heavy (non-hydrogen) atoms. The van der Waals surface area contributed by atoms with Gasteiger partial charge in [-0.15, -0.1) is 11.3 Å². The van der Waals surface area contributed by atoms with Crippen LogP contribution in [0.5, 0.6) is 0 Å². The molecule has 0 unspecified atom stereocenters. The van der Waals surface area contributed by atoms with Gasteiger partial charge in [-0.05, 0) is 41.6 Å². The summed E-state index contributed by atoms with van der Waals surface area (Å²) in [4.78, 5) is 23.6. The van der Waals surface area contributed by atoms with Gasteiger partial charge in [0.05, 0.1) is 4.88 Å². The number of hydrogen-bond donors (Lipinski definition) is 2. The molecule has 0 bridgehead atoms. The first-order valence-electron chi connectivity index (χ1n) is 6.25. The van der Waals surface area contributed by atoms with Gasteiger partial charge in [0.15, 0.2) is 0 Å². The maximum absolute atomic E-state index is 12.0. The molecule has 2 aromatic rings. The zero-order valence-corrected chi connectivity index (χ0v) is 12.2. The average Bonchev–Trinajstić information content (AvgIpc) is 2.83. The fraction of sp³-hybridized carbons (Fsp3) is 0.200. The third-order valence-corrected chi connectivity index (χ3v) is 3.81. The van der Waals surface area contributed by atoms with Gasteiger partial charge in [0.2, 0.25) is 5.91 Å². The van der Waals surface area contributed by atoms with Crippen LogP contribution in [-0.2, 0) is 11.3 Å². The fourth-order valence-corrected chi connectivity index (χ4v) is 2.62. The van der Waals surface area contributed by atoms with E-state index < -0.39 is 0 Å². The zero-order chi connectivity index (χ0) is 14.5. The van der Waals surface area contributed by atoms with E-state index in [9.17, 15) is 9.59 Å². The van der Waals surface area contributed by atoms with Crippen LogP contribution in [0.1, 0.15) is 27.7 Å². The molecule has 1 heterocycles. The highest BCUT2D eigenvalue weighted by Gasteiger charge is 2.09. The summed E-state index contributed by atoms with van der Waals surface area (Å²) in [6.07, 6.45) is 0. The predicted octanol–water partition coefficient (Wildman–Crippen LogP) is 2.94. The number of anilines is 1. The van der Waals surface area contributed by atoms with E-state index in [4.69, 9.17) is 0 Å². The number of aryl methyl sites for hydroxylation is 1. The van der Waals surface area contributed by atoms with Crippen molar-refractivity contribution in [3.8, 4) is 0 Å². The lowest BCUT2D eigenvalue weighted by Gasteiger charge is -2.06. The highest BCUT2D eigenvalue weighted by atomic mass is 32.1. The Balaban J connectivity index is 1.93. The van der Waals surface area contributed by atoms with E-state index in [1.54, 1.807) is 0 Å². The van der Waals surface area contributed by atoms with Crippen molar-refractivity contribution in [2.75, 3.05) is 5.32 Å². The van der Waals surface area contributed by atoms with Crippen LogP contribution in [0.15, 0.2) is 35.7 Å². The first-order valence-corrected chi connectivity index (χ1v) is 7.13. The van der Waals surface area contributed by atoms with Crippen LogP contribution >= 0.6 is 11.3 Å². The zero-order valence-electron chi connectivity index (χ0n) is 11.4. The summed E-state index contributed by atoms with van der Waals surface area (Å²) in [7, 11) is 0. The molecule has 5 heteroatoms. The minimum atomic E-state index is -0.0979. The molecule has 0 fully saturated rings. The first kappa shape index (κ1) is 14.3. The summed E-state index contributed by atoms with van der Waals surface area (Å²) in [5, 5.41) is 7.50. The summed E-state index contributed by atoms with van der Waals surface area (Å²) in [5.41, 5.74) is 2.73. The molecule has 0 radical (unpaired) electrons. The molecule has 2 N–H and O–H groups in total. The first-order chi connectivity index (χ1) is 9.56. The number of amides is 2. The summed E-state index contributed by atoms with van der Waals surface area (Å²) in [6, 6.07) is 9.33. The molecule has 1 aromatic heterocycles. The minimum Gasteiger partial charge on any atom is -0.347 e. The molecule has 2 rings (SSSR count). The highest BCUT2D eigenvalue weighted by molar-refractivity contribution is 7.12. The van der Waals surface area contributed by atoms with Crippen molar-refractivity contribution in [1.82, 2.24) is 5.32 Å². The van der Waals surface area contributed by atoms with E-state index >= 15 is 0 Å². The lowest BCUT2D eigenvalue weighted by atomic mass is 10.2. The summed E-state index contributed by atoms with van der Waals surface area (Å²) < 4.78 is 0. The molecule has 0 atom stereocenters. The van der Waals surface area contributed by atoms with Gasteiger partial charge in [0.25, 0.3) is 5.91 Å². The standard InChI is InChI=1S/C15H16N2O2S/c1-10-7-8-20-14(10)15(19)16-9-12-3-5-13(6-4-12)17-11(2)18/h3-8H,9H2,1-2H3,(H,16,19)(H,17,18). The number of thiophene rings is 1. The largest absolute Gasteiger partial charge is 0.347 e. The molecule has 1 aromatic carbocycles. The van der Waals surface area contributed by atoms with Crippen LogP contribution in [-0.4, -0.2) is 11.8 Å². The van der Waals surface area contributed by atoms with Crippen LogP contribution < -0.4 is 10.6 Å². The van der Waals surface area contributed by atoms with Crippen molar-refractivity contribution in [2.45, 2.75) is 20.4 Å². The van der Waals surface area contributed by atoms with Gasteiger partial charge in [-0.25, -0.2) is 0 Å². The fourth-order valence-electron chi connectivity index (χ4n) is 1.78. The van der Waals surface area contributed by atoms with Crippen molar-refractivity contribution >= 4 is 28.8 Å². The Hall–Kier alpha value is -2.14. The number of nitrogens with one attached hydrogen (secondary N) is 2. The van der Waals surface area contributed by atoms with Crippen LogP contribution in [0.3, 0.4) is 0 Å². The Morgan fingerprint density at radius 3 is 2.40 bits per heavy atom. The van der Waals surface area contributed by atoms with Crippen LogP contribution in [0.4, 0.5) is 5.69 Å². The monoisotopic (exact) mass is 288 g/mol. The highest BCUT2D eigenvalue weighted by Crippen LogP contribution is 2.15. The SMILES string of the molecule is CC(=O)Nc1ccc(CNC(=O)c2sccc2C)cc1. The maximum Gasteiger partial charge on any atom is 0.261 e. The lowest BCUT2D eigenvalue weighted by molar-refractivity contribution is -0.114.